The third kappa shape index (κ3) is 4.38. The number of hydrogen-bond acceptors (Lipinski definition) is 6. The molecule has 29 heavy (non-hydrogen) atoms. The molecule has 0 unspecified atom stereocenters. The van der Waals surface area contributed by atoms with Crippen LogP contribution in [0.15, 0.2) is 46.7 Å². The van der Waals surface area contributed by atoms with Crippen LogP contribution < -0.4 is 5.32 Å². The van der Waals surface area contributed by atoms with Crippen LogP contribution in [0, 0.1) is 6.92 Å². The highest BCUT2D eigenvalue weighted by atomic mass is 32.1. The number of carbonyl (C=O) groups excluding carboxylic acids is 1. The number of nitrogens with zero attached hydrogens (tertiary/aromatic N) is 3. The van der Waals surface area contributed by atoms with Gasteiger partial charge in [0.25, 0.3) is 5.91 Å². The van der Waals surface area contributed by atoms with E-state index in [0.29, 0.717) is 24.3 Å². The number of thiazole rings is 1. The Morgan fingerprint density at radius 1 is 1.38 bits per heavy atom. The van der Waals surface area contributed by atoms with Crippen molar-refractivity contribution in [2.45, 2.75) is 39.3 Å². The van der Waals surface area contributed by atoms with Gasteiger partial charge in [-0.2, -0.15) is 5.10 Å². The van der Waals surface area contributed by atoms with E-state index >= 15 is 0 Å². The van der Waals surface area contributed by atoms with Crippen molar-refractivity contribution in [2.75, 3.05) is 5.32 Å². The van der Waals surface area contributed by atoms with Crippen molar-refractivity contribution in [3.05, 3.63) is 53.0 Å². The molecule has 0 atom stereocenters. The summed E-state index contributed by atoms with van der Waals surface area (Å²) in [6.07, 6.45) is 5.73. The zero-order valence-electron chi connectivity index (χ0n) is 16.5. The number of rotatable bonds is 6. The quantitative estimate of drug-likeness (QED) is 0.489. The Morgan fingerprint density at radius 3 is 2.86 bits per heavy atom. The summed E-state index contributed by atoms with van der Waals surface area (Å²) in [7, 11) is 0. The molecule has 1 aromatic carbocycles. The lowest BCUT2D eigenvalue weighted by atomic mass is 10.0. The predicted molar refractivity (Wildman–Crippen MR) is 113 cm³/mol. The number of hydrogen-bond donors (Lipinski definition) is 2. The van der Waals surface area contributed by atoms with Crippen molar-refractivity contribution in [3.63, 3.8) is 0 Å². The first-order valence-electron chi connectivity index (χ1n) is 9.28. The van der Waals surface area contributed by atoms with E-state index in [-0.39, 0.29) is 5.91 Å². The Bertz CT molecular complexity index is 1150. The molecule has 3 aromatic heterocycles. The van der Waals surface area contributed by atoms with Gasteiger partial charge >= 0.3 is 0 Å². The fourth-order valence-corrected chi connectivity index (χ4v) is 3.63. The number of amides is 1. The maximum absolute atomic E-state index is 12.7. The zero-order chi connectivity index (χ0) is 20.6. The van der Waals surface area contributed by atoms with E-state index in [1.807, 2.05) is 36.0 Å². The number of aromatic nitrogens is 3. The van der Waals surface area contributed by atoms with Crippen molar-refractivity contribution in [3.8, 4) is 11.1 Å². The fraction of sp³-hybridized carbons (Fsp3) is 0.286. The number of fused-ring (bicyclic) bond motifs is 1. The first kappa shape index (κ1) is 19.4. The van der Waals surface area contributed by atoms with Gasteiger partial charge in [0.15, 0.2) is 0 Å². The van der Waals surface area contributed by atoms with Crippen molar-refractivity contribution >= 4 is 33.8 Å². The minimum Gasteiger partial charge on any atom is -0.472 e. The second-order valence-corrected chi connectivity index (χ2v) is 8.69. The topological polar surface area (TPSA) is 93.2 Å². The molecule has 0 fully saturated rings. The van der Waals surface area contributed by atoms with Crippen LogP contribution in [0.5, 0.6) is 0 Å². The summed E-state index contributed by atoms with van der Waals surface area (Å²) >= 11 is 1.44. The van der Waals surface area contributed by atoms with Gasteiger partial charge in [-0.25, -0.2) is 4.98 Å². The summed E-state index contributed by atoms with van der Waals surface area (Å²) in [4.78, 5) is 16.9. The van der Waals surface area contributed by atoms with E-state index in [1.54, 1.807) is 31.8 Å². The van der Waals surface area contributed by atoms with E-state index in [0.717, 1.165) is 27.0 Å². The van der Waals surface area contributed by atoms with E-state index in [1.165, 1.54) is 11.3 Å². The van der Waals surface area contributed by atoms with Gasteiger partial charge in [0.05, 0.1) is 28.7 Å². The van der Waals surface area contributed by atoms with Crippen LogP contribution >= 0.6 is 11.3 Å². The van der Waals surface area contributed by atoms with Crippen LogP contribution in [0.4, 0.5) is 5.69 Å². The normalized spacial score (nSPS) is 11.9. The Hall–Kier alpha value is -2.97. The van der Waals surface area contributed by atoms with Gasteiger partial charge in [0.2, 0.25) is 0 Å². The van der Waals surface area contributed by atoms with Crippen molar-refractivity contribution < 1.29 is 14.3 Å². The summed E-state index contributed by atoms with van der Waals surface area (Å²) in [6, 6.07) is 5.68. The van der Waals surface area contributed by atoms with Crippen LogP contribution in [-0.4, -0.2) is 31.4 Å². The number of carbonyl (C=O) groups is 1. The van der Waals surface area contributed by atoms with Crippen molar-refractivity contribution in [2.24, 2.45) is 0 Å². The van der Waals surface area contributed by atoms with Crippen LogP contribution in [-0.2, 0) is 6.54 Å². The molecule has 0 aliphatic rings. The molecule has 1 amide bonds. The Morgan fingerprint density at radius 2 is 2.21 bits per heavy atom. The highest BCUT2D eigenvalue weighted by molar-refractivity contribution is 7.09. The molecule has 2 N–H and O–H groups in total. The first-order chi connectivity index (χ1) is 13.8. The van der Waals surface area contributed by atoms with E-state index in [4.69, 9.17) is 4.42 Å². The Balaban J connectivity index is 1.71. The van der Waals surface area contributed by atoms with Gasteiger partial charge in [0.1, 0.15) is 5.69 Å². The standard InChI is InChI=1S/C21H22N4O3S/c1-13-22-19(12-29-13)20(26)23-18-8-15-10-25(6-5-21(2,3)27)24-17(15)9-16(18)14-4-7-28-11-14/h4,7-12,27H,5-6H2,1-3H3,(H,23,26). The molecular formula is C21H22N4O3S. The molecule has 0 saturated heterocycles. The summed E-state index contributed by atoms with van der Waals surface area (Å²) in [5, 5.41) is 21.1. The molecule has 4 rings (SSSR count). The van der Waals surface area contributed by atoms with Crippen LogP contribution in [0.2, 0.25) is 0 Å². The molecule has 0 aliphatic heterocycles. The third-order valence-electron chi connectivity index (χ3n) is 4.58. The summed E-state index contributed by atoms with van der Waals surface area (Å²) in [5.74, 6) is -0.257. The lowest BCUT2D eigenvalue weighted by Crippen LogP contribution is -2.21. The summed E-state index contributed by atoms with van der Waals surface area (Å²) in [6.45, 7) is 6.02. The largest absolute Gasteiger partial charge is 0.472 e. The summed E-state index contributed by atoms with van der Waals surface area (Å²) in [5.41, 5.74) is 2.77. The SMILES string of the molecule is Cc1nc(C(=O)Nc2cc3cn(CCC(C)(C)O)nc3cc2-c2ccoc2)cs1. The average molecular weight is 410 g/mol. The molecule has 0 saturated carbocycles. The molecule has 8 heteroatoms. The second kappa shape index (κ2) is 7.46. The minimum absolute atomic E-state index is 0.257. The highest BCUT2D eigenvalue weighted by Gasteiger charge is 2.17. The lowest BCUT2D eigenvalue weighted by Gasteiger charge is -2.16. The second-order valence-electron chi connectivity index (χ2n) is 7.63. The number of anilines is 1. The van der Waals surface area contributed by atoms with Gasteiger partial charge in [-0.15, -0.1) is 11.3 Å². The first-order valence-corrected chi connectivity index (χ1v) is 10.2. The Kier molecular flexibility index (Phi) is 4.97. The minimum atomic E-state index is -0.759. The van der Waals surface area contributed by atoms with Crippen LogP contribution in [0.1, 0.15) is 35.8 Å². The van der Waals surface area contributed by atoms with E-state index in [2.05, 4.69) is 15.4 Å². The highest BCUT2D eigenvalue weighted by Crippen LogP contribution is 2.33. The average Bonchev–Trinajstić information content (AvgIpc) is 3.38. The van der Waals surface area contributed by atoms with Gasteiger partial charge in [-0.05, 0) is 45.4 Å². The predicted octanol–water partition coefficient (Wildman–Crippen LogP) is 4.47. The van der Waals surface area contributed by atoms with Crippen molar-refractivity contribution in [1.82, 2.24) is 14.8 Å². The lowest BCUT2D eigenvalue weighted by molar-refractivity contribution is 0.0651. The molecule has 150 valence electrons. The third-order valence-corrected chi connectivity index (χ3v) is 5.35. The fourth-order valence-electron chi connectivity index (χ4n) is 3.04. The Labute approximate surface area is 172 Å². The number of nitrogens with one attached hydrogen (secondary N) is 1. The number of benzene rings is 1. The smallest absolute Gasteiger partial charge is 0.275 e. The molecule has 3 heterocycles. The molecule has 0 aliphatic carbocycles. The maximum atomic E-state index is 12.7. The molecule has 0 spiro atoms. The number of furan rings is 1. The molecule has 0 radical (unpaired) electrons. The van der Waals surface area contributed by atoms with Crippen LogP contribution in [0.3, 0.4) is 0 Å². The molecule has 4 aromatic rings. The van der Waals surface area contributed by atoms with Gasteiger partial charge in [0, 0.05) is 40.3 Å². The summed E-state index contributed by atoms with van der Waals surface area (Å²) < 4.78 is 7.05. The van der Waals surface area contributed by atoms with E-state index < -0.39 is 5.60 Å². The van der Waals surface area contributed by atoms with Crippen LogP contribution in [0.25, 0.3) is 22.0 Å². The zero-order valence-corrected chi connectivity index (χ0v) is 17.3. The van der Waals surface area contributed by atoms with Gasteiger partial charge in [-0.3, -0.25) is 9.48 Å². The van der Waals surface area contributed by atoms with Gasteiger partial charge < -0.3 is 14.8 Å². The maximum Gasteiger partial charge on any atom is 0.275 e. The molecule has 0 bridgehead atoms. The van der Waals surface area contributed by atoms with Gasteiger partial charge in [-0.1, -0.05) is 0 Å². The number of aryl methyl sites for hydroxylation is 2. The molecule has 7 nitrogen and oxygen atoms in total. The molecular weight excluding hydrogens is 388 g/mol. The van der Waals surface area contributed by atoms with Crippen molar-refractivity contribution in [1.29, 1.82) is 0 Å². The number of aliphatic hydroxyl groups is 1. The van der Waals surface area contributed by atoms with E-state index in [9.17, 15) is 9.90 Å². The monoisotopic (exact) mass is 410 g/mol.